The minimum atomic E-state index is -0.606. The molecule has 0 bridgehead atoms. The maximum atomic E-state index is 14.2. The molecule has 1 aromatic heterocycles. The molecule has 1 amide bonds. The number of anilines is 3. The number of allylic oxidation sites excluding steroid dienone is 3. The number of halogens is 1. The number of hydrogen-bond donors (Lipinski definition) is 3. The van der Waals surface area contributed by atoms with Crippen LogP contribution in [0.15, 0.2) is 53.9 Å². The number of ketones is 1. The molecule has 1 heterocycles. The Balaban J connectivity index is 1.73. The number of aromatic nitrogens is 2. The number of Topliss-reactive ketones (excluding diaryl/α,β-unsaturated/α-hetero) is 1. The minimum absolute atomic E-state index is 0.00469. The van der Waals surface area contributed by atoms with Crippen LogP contribution >= 0.6 is 0 Å². The predicted molar refractivity (Wildman–Crippen MR) is 119 cm³/mol. The predicted octanol–water partition coefficient (Wildman–Crippen LogP) is 3.99. The zero-order chi connectivity index (χ0) is 22.6. The van der Waals surface area contributed by atoms with E-state index < -0.39 is 5.82 Å². The van der Waals surface area contributed by atoms with E-state index in [1.807, 2.05) is 24.3 Å². The van der Waals surface area contributed by atoms with Crippen molar-refractivity contribution in [3.8, 4) is 0 Å². The summed E-state index contributed by atoms with van der Waals surface area (Å²) < 4.78 is 14.2. The molecule has 1 aliphatic rings. The zero-order valence-electron chi connectivity index (χ0n) is 18.0. The molecule has 0 atom stereocenters. The Hall–Kier alpha value is -3.55. The van der Waals surface area contributed by atoms with Gasteiger partial charge in [-0.3, -0.25) is 9.59 Å². The fourth-order valence-electron chi connectivity index (χ4n) is 3.03. The van der Waals surface area contributed by atoms with Crippen molar-refractivity contribution < 1.29 is 14.0 Å². The Bertz CT molecular complexity index is 1050. The molecular weight excluding hydrogens is 397 g/mol. The largest absolute Gasteiger partial charge is 0.356 e. The van der Waals surface area contributed by atoms with Gasteiger partial charge in [-0.25, -0.2) is 9.37 Å². The lowest BCUT2D eigenvalue weighted by atomic mass is 9.87. The summed E-state index contributed by atoms with van der Waals surface area (Å²) in [6.45, 7) is 6.36. The number of nitrogens with zero attached hydrogens (tertiary/aromatic N) is 2. The summed E-state index contributed by atoms with van der Waals surface area (Å²) >= 11 is 0. The van der Waals surface area contributed by atoms with Gasteiger partial charge in [0, 0.05) is 25.2 Å². The van der Waals surface area contributed by atoms with Crippen LogP contribution in [-0.2, 0) is 15.0 Å². The molecule has 0 saturated heterocycles. The standard InChI is InChI=1S/C23H26FN5O2/c1-23(2,3)15-6-8-16(9-7-15)27-21-17(24)13-26-22(29-21)28-18-10-5-14(11-19(18)30)12-20(31)25-4/h6-10,12-13H,5,11H2,1-4H3,(H,25,31)(H2,26,27,28,29). The number of benzene rings is 1. The minimum Gasteiger partial charge on any atom is -0.356 e. The first-order chi connectivity index (χ1) is 14.7. The van der Waals surface area contributed by atoms with E-state index in [1.54, 1.807) is 6.08 Å². The summed E-state index contributed by atoms with van der Waals surface area (Å²) in [7, 11) is 1.53. The van der Waals surface area contributed by atoms with E-state index in [2.05, 4.69) is 46.7 Å². The van der Waals surface area contributed by atoms with E-state index in [4.69, 9.17) is 0 Å². The van der Waals surface area contributed by atoms with Crippen LogP contribution in [0.3, 0.4) is 0 Å². The number of carbonyl (C=O) groups excluding carboxylic acids is 2. The summed E-state index contributed by atoms with van der Waals surface area (Å²) in [6.07, 6.45) is 4.72. The Morgan fingerprint density at radius 2 is 1.87 bits per heavy atom. The molecule has 162 valence electrons. The quantitative estimate of drug-likeness (QED) is 0.630. The SMILES string of the molecule is CNC(=O)C=C1CC=C(Nc2ncc(F)c(Nc3ccc(C(C)(C)C)cc3)n2)C(=O)C1. The summed E-state index contributed by atoms with van der Waals surface area (Å²) in [4.78, 5) is 31.9. The lowest BCUT2D eigenvalue weighted by molar-refractivity contribution is -0.116. The van der Waals surface area contributed by atoms with Crippen molar-refractivity contribution in [2.75, 3.05) is 17.7 Å². The van der Waals surface area contributed by atoms with Crippen molar-refractivity contribution in [2.24, 2.45) is 0 Å². The molecule has 7 nitrogen and oxygen atoms in total. The maximum Gasteiger partial charge on any atom is 0.243 e. The van der Waals surface area contributed by atoms with Gasteiger partial charge in [-0.1, -0.05) is 44.6 Å². The summed E-state index contributed by atoms with van der Waals surface area (Å²) in [5, 5.41) is 8.30. The van der Waals surface area contributed by atoms with Crippen LogP contribution in [0.5, 0.6) is 0 Å². The van der Waals surface area contributed by atoms with Crippen molar-refractivity contribution in [3.05, 3.63) is 65.3 Å². The number of rotatable bonds is 5. The first kappa shape index (κ1) is 22.1. The second kappa shape index (κ2) is 9.07. The second-order valence-electron chi connectivity index (χ2n) is 8.31. The first-order valence-corrected chi connectivity index (χ1v) is 9.97. The third-order valence-corrected chi connectivity index (χ3v) is 4.84. The van der Waals surface area contributed by atoms with Gasteiger partial charge in [0.05, 0.1) is 11.9 Å². The second-order valence-corrected chi connectivity index (χ2v) is 8.31. The molecule has 0 spiro atoms. The molecule has 1 aliphatic carbocycles. The fraction of sp³-hybridized carbons (Fsp3) is 0.304. The van der Waals surface area contributed by atoms with Gasteiger partial charge in [-0.05, 0) is 29.5 Å². The molecule has 0 fully saturated rings. The van der Waals surface area contributed by atoms with Crippen LogP contribution in [0.1, 0.15) is 39.2 Å². The van der Waals surface area contributed by atoms with Gasteiger partial charge in [-0.2, -0.15) is 4.98 Å². The average Bonchev–Trinajstić information content (AvgIpc) is 2.72. The van der Waals surface area contributed by atoms with E-state index >= 15 is 0 Å². The highest BCUT2D eigenvalue weighted by Crippen LogP contribution is 2.26. The van der Waals surface area contributed by atoms with Gasteiger partial charge in [0.2, 0.25) is 11.9 Å². The van der Waals surface area contributed by atoms with Gasteiger partial charge in [-0.15, -0.1) is 0 Å². The Kier molecular flexibility index (Phi) is 6.48. The maximum absolute atomic E-state index is 14.2. The van der Waals surface area contributed by atoms with Gasteiger partial charge in [0.25, 0.3) is 0 Å². The van der Waals surface area contributed by atoms with Crippen molar-refractivity contribution in [3.63, 3.8) is 0 Å². The van der Waals surface area contributed by atoms with Crippen molar-refractivity contribution in [1.82, 2.24) is 15.3 Å². The van der Waals surface area contributed by atoms with Crippen molar-refractivity contribution in [2.45, 2.75) is 39.0 Å². The van der Waals surface area contributed by atoms with Crippen LogP contribution in [0.2, 0.25) is 0 Å². The van der Waals surface area contributed by atoms with Gasteiger partial charge < -0.3 is 16.0 Å². The van der Waals surface area contributed by atoms with Crippen molar-refractivity contribution >= 4 is 29.1 Å². The summed E-state index contributed by atoms with van der Waals surface area (Å²) in [6, 6.07) is 7.69. The molecule has 0 radical (unpaired) electrons. The van der Waals surface area contributed by atoms with Gasteiger partial charge in [0.1, 0.15) is 0 Å². The van der Waals surface area contributed by atoms with Crippen LogP contribution in [0.4, 0.5) is 21.8 Å². The van der Waals surface area contributed by atoms with E-state index in [-0.39, 0.29) is 35.3 Å². The fourth-order valence-corrected chi connectivity index (χ4v) is 3.03. The number of carbonyl (C=O) groups is 2. The normalized spacial score (nSPS) is 15.5. The lowest BCUT2D eigenvalue weighted by Gasteiger charge is -2.19. The number of amides is 1. The molecule has 1 aromatic carbocycles. The van der Waals surface area contributed by atoms with Crippen molar-refractivity contribution in [1.29, 1.82) is 0 Å². The van der Waals surface area contributed by atoms with E-state index in [1.165, 1.54) is 13.1 Å². The van der Waals surface area contributed by atoms with E-state index in [0.717, 1.165) is 17.3 Å². The molecule has 0 aliphatic heterocycles. The lowest BCUT2D eigenvalue weighted by Crippen LogP contribution is -2.20. The number of nitrogens with one attached hydrogen (secondary N) is 3. The number of likely N-dealkylation sites (N-methyl/N-ethyl adjacent to an activating group) is 1. The molecule has 0 saturated carbocycles. The van der Waals surface area contributed by atoms with E-state index in [9.17, 15) is 14.0 Å². The topological polar surface area (TPSA) is 96.0 Å². The zero-order valence-corrected chi connectivity index (χ0v) is 18.0. The third kappa shape index (κ3) is 5.75. The molecule has 2 aromatic rings. The van der Waals surface area contributed by atoms with E-state index in [0.29, 0.717) is 17.8 Å². The Labute approximate surface area is 180 Å². The van der Waals surface area contributed by atoms with Crippen LogP contribution in [0.25, 0.3) is 0 Å². The smallest absolute Gasteiger partial charge is 0.243 e. The number of hydrogen-bond acceptors (Lipinski definition) is 6. The van der Waals surface area contributed by atoms with Gasteiger partial charge >= 0.3 is 0 Å². The molecule has 3 N–H and O–H groups in total. The average molecular weight is 423 g/mol. The molecule has 3 rings (SSSR count). The highest BCUT2D eigenvalue weighted by atomic mass is 19.1. The first-order valence-electron chi connectivity index (χ1n) is 9.97. The van der Waals surface area contributed by atoms with Crippen LogP contribution in [0, 0.1) is 5.82 Å². The Morgan fingerprint density at radius 3 is 2.48 bits per heavy atom. The Morgan fingerprint density at radius 1 is 1.16 bits per heavy atom. The highest BCUT2D eigenvalue weighted by Gasteiger charge is 2.19. The van der Waals surface area contributed by atoms with Crippen LogP contribution < -0.4 is 16.0 Å². The molecule has 8 heteroatoms. The summed E-state index contributed by atoms with van der Waals surface area (Å²) in [5.41, 5.74) is 2.91. The monoisotopic (exact) mass is 423 g/mol. The van der Waals surface area contributed by atoms with Gasteiger partial charge in [0.15, 0.2) is 17.4 Å². The highest BCUT2D eigenvalue weighted by molar-refractivity contribution is 6.01. The molecule has 31 heavy (non-hydrogen) atoms. The third-order valence-electron chi connectivity index (χ3n) is 4.84. The summed E-state index contributed by atoms with van der Waals surface area (Å²) in [5.74, 6) is -0.939. The van der Waals surface area contributed by atoms with Crippen LogP contribution in [-0.4, -0.2) is 28.7 Å². The molecule has 0 unspecified atom stereocenters. The molecular formula is C23H26FN5O2.